The zero-order chi connectivity index (χ0) is 11.2. The fourth-order valence-electron chi connectivity index (χ4n) is 0.888. The Hall–Kier alpha value is -0.900. The molecule has 80 valence electrons. The molecular weight excluding hydrogens is 203 g/mol. The average molecular weight is 218 g/mol. The molecule has 4 heteroatoms. The van der Waals surface area contributed by atoms with Gasteiger partial charge in [0.25, 0.3) is 0 Å². The summed E-state index contributed by atoms with van der Waals surface area (Å²) in [6.07, 6.45) is 0.812. The van der Waals surface area contributed by atoms with Crippen LogP contribution in [0.1, 0.15) is 26.3 Å². The molecule has 14 heavy (non-hydrogen) atoms. The van der Waals surface area contributed by atoms with E-state index in [0.29, 0.717) is 0 Å². The van der Waals surface area contributed by atoms with Crippen molar-refractivity contribution in [1.82, 2.24) is 0 Å². The summed E-state index contributed by atoms with van der Waals surface area (Å²) in [4.78, 5) is -0.278. The van der Waals surface area contributed by atoms with E-state index < -0.39 is 10.2 Å². The van der Waals surface area contributed by atoms with E-state index in [1.807, 2.05) is 20.8 Å². The minimum absolute atomic E-state index is 0.278. The monoisotopic (exact) mass is 218 g/mol. The fourth-order valence-corrected chi connectivity index (χ4v) is 1.35. The lowest BCUT2D eigenvalue weighted by atomic mass is 10.2. The Labute approximate surface area is 85.0 Å². The highest BCUT2D eigenvalue weighted by molar-refractivity contribution is 7.86. The minimum atomic E-state index is -4.53. The highest BCUT2D eigenvalue weighted by Gasteiger charge is 2.09. The van der Waals surface area contributed by atoms with E-state index in [4.69, 9.17) is 0 Å². The molecule has 1 aromatic rings. The molecule has 0 saturated heterocycles. The Kier molecular flexibility index (Phi) is 5.38. The van der Waals surface area contributed by atoms with Crippen molar-refractivity contribution >= 4 is 10.2 Å². The fraction of sp³-hybridized carbons (Fsp3) is 0.400. The van der Waals surface area contributed by atoms with Crippen molar-refractivity contribution in [2.75, 3.05) is 0 Å². The molecule has 0 heterocycles. The summed E-state index contributed by atoms with van der Waals surface area (Å²) in [5, 5.41) is 0. The maximum atomic E-state index is 12.3. The highest BCUT2D eigenvalue weighted by atomic mass is 32.3. The first-order valence-electron chi connectivity index (χ1n) is 4.57. The SMILES string of the molecule is CC.CCc1ccc(S(=O)(=O)F)cc1. The number of aryl methyl sites for hydroxylation is 1. The van der Waals surface area contributed by atoms with Gasteiger partial charge in [-0.3, -0.25) is 0 Å². The standard InChI is InChI=1S/C8H9FO2S.C2H6/c1-2-7-3-5-8(6-4-7)12(9,10)11;1-2/h3-6H,2H2,1H3;1-2H3. The lowest BCUT2D eigenvalue weighted by molar-refractivity contribution is 0.552. The third-order valence-corrected chi connectivity index (χ3v) is 2.45. The zero-order valence-corrected chi connectivity index (χ0v) is 9.44. The second-order valence-corrected chi connectivity index (χ2v) is 3.78. The molecule has 1 aromatic carbocycles. The smallest absolute Gasteiger partial charge is 0.189 e. The summed E-state index contributed by atoms with van der Waals surface area (Å²) in [5.41, 5.74) is 0.988. The van der Waals surface area contributed by atoms with Gasteiger partial charge < -0.3 is 0 Å². The molecule has 0 aromatic heterocycles. The largest absolute Gasteiger partial charge is 0.332 e. The van der Waals surface area contributed by atoms with Crippen LogP contribution in [0.3, 0.4) is 0 Å². The maximum Gasteiger partial charge on any atom is 0.332 e. The van der Waals surface area contributed by atoms with E-state index in [9.17, 15) is 12.3 Å². The van der Waals surface area contributed by atoms with Crippen LogP contribution in [0.15, 0.2) is 29.2 Å². The van der Waals surface area contributed by atoms with Crippen LogP contribution in [0.4, 0.5) is 3.89 Å². The minimum Gasteiger partial charge on any atom is -0.189 e. The summed E-state index contributed by atoms with van der Waals surface area (Å²) >= 11 is 0. The van der Waals surface area contributed by atoms with E-state index in [2.05, 4.69) is 0 Å². The number of rotatable bonds is 2. The summed E-state index contributed by atoms with van der Waals surface area (Å²) in [5.74, 6) is 0. The van der Waals surface area contributed by atoms with Crippen LogP contribution in [0.25, 0.3) is 0 Å². The van der Waals surface area contributed by atoms with Gasteiger partial charge >= 0.3 is 10.2 Å². The average Bonchev–Trinajstić information content (AvgIpc) is 2.20. The van der Waals surface area contributed by atoms with E-state index >= 15 is 0 Å². The van der Waals surface area contributed by atoms with Crippen LogP contribution in [-0.2, 0) is 16.6 Å². The summed E-state index contributed by atoms with van der Waals surface area (Å²) in [7, 11) is -4.53. The van der Waals surface area contributed by atoms with E-state index in [0.717, 1.165) is 12.0 Å². The third-order valence-electron chi connectivity index (χ3n) is 1.61. The molecule has 0 aliphatic rings. The van der Waals surface area contributed by atoms with Crippen molar-refractivity contribution in [3.05, 3.63) is 29.8 Å². The van der Waals surface area contributed by atoms with E-state index in [1.54, 1.807) is 12.1 Å². The van der Waals surface area contributed by atoms with Gasteiger partial charge in [-0.15, -0.1) is 3.89 Å². The van der Waals surface area contributed by atoms with Gasteiger partial charge in [-0.1, -0.05) is 32.9 Å². The Morgan fingerprint density at radius 1 is 1.14 bits per heavy atom. The van der Waals surface area contributed by atoms with Gasteiger partial charge in [-0.2, -0.15) is 8.42 Å². The summed E-state index contributed by atoms with van der Waals surface area (Å²) < 4.78 is 33.1. The van der Waals surface area contributed by atoms with Crippen LogP contribution in [0, 0.1) is 0 Å². The predicted octanol–water partition coefficient (Wildman–Crippen LogP) is 2.93. The van der Waals surface area contributed by atoms with Gasteiger partial charge in [0.2, 0.25) is 0 Å². The lowest BCUT2D eigenvalue weighted by Gasteiger charge is -1.96. The van der Waals surface area contributed by atoms with Crippen molar-refractivity contribution in [1.29, 1.82) is 0 Å². The van der Waals surface area contributed by atoms with Crippen molar-refractivity contribution in [3.8, 4) is 0 Å². The van der Waals surface area contributed by atoms with E-state index in [-0.39, 0.29) is 4.90 Å². The molecule has 0 amide bonds. The first kappa shape index (κ1) is 13.1. The number of hydrogen-bond acceptors (Lipinski definition) is 2. The second kappa shape index (κ2) is 5.75. The van der Waals surface area contributed by atoms with Gasteiger partial charge in [-0.25, -0.2) is 0 Å². The topological polar surface area (TPSA) is 34.1 Å². The van der Waals surface area contributed by atoms with Gasteiger partial charge in [0.05, 0.1) is 4.90 Å². The first-order chi connectivity index (χ1) is 6.54. The first-order valence-corrected chi connectivity index (χ1v) is 5.96. The summed E-state index contributed by atoms with van der Waals surface area (Å²) in [6, 6.07) is 5.75. The van der Waals surface area contributed by atoms with Crippen LogP contribution < -0.4 is 0 Å². The van der Waals surface area contributed by atoms with Crippen molar-refractivity contribution in [3.63, 3.8) is 0 Å². The Bertz CT molecular complexity index is 354. The molecular formula is C10H15FO2S. The number of halogens is 1. The van der Waals surface area contributed by atoms with E-state index in [1.165, 1.54) is 12.1 Å². The molecule has 0 fully saturated rings. The number of benzene rings is 1. The summed E-state index contributed by atoms with van der Waals surface area (Å²) in [6.45, 7) is 5.94. The quantitative estimate of drug-likeness (QED) is 0.715. The second-order valence-electron chi connectivity index (χ2n) is 2.44. The lowest BCUT2D eigenvalue weighted by Crippen LogP contribution is -1.91. The van der Waals surface area contributed by atoms with Crippen LogP contribution >= 0.6 is 0 Å². The highest BCUT2D eigenvalue weighted by Crippen LogP contribution is 2.12. The Morgan fingerprint density at radius 3 is 1.86 bits per heavy atom. The molecule has 0 spiro atoms. The third kappa shape index (κ3) is 3.87. The predicted molar refractivity (Wildman–Crippen MR) is 55.5 cm³/mol. The zero-order valence-electron chi connectivity index (χ0n) is 8.62. The van der Waals surface area contributed by atoms with Gasteiger partial charge in [0.15, 0.2) is 0 Å². The molecule has 1 rings (SSSR count). The molecule has 2 nitrogen and oxygen atoms in total. The molecule has 0 radical (unpaired) electrons. The molecule has 0 aliphatic carbocycles. The Balaban J connectivity index is 0.000000791. The van der Waals surface area contributed by atoms with Gasteiger partial charge in [0.1, 0.15) is 0 Å². The van der Waals surface area contributed by atoms with Crippen molar-refractivity contribution in [2.45, 2.75) is 32.1 Å². The molecule has 0 bridgehead atoms. The molecule has 0 unspecified atom stereocenters. The molecule has 0 aliphatic heterocycles. The molecule has 0 saturated carbocycles. The van der Waals surface area contributed by atoms with Crippen LogP contribution in [0.2, 0.25) is 0 Å². The van der Waals surface area contributed by atoms with Gasteiger partial charge in [0, 0.05) is 0 Å². The normalized spacial score (nSPS) is 10.3. The van der Waals surface area contributed by atoms with Crippen molar-refractivity contribution < 1.29 is 12.3 Å². The number of hydrogen-bond donors (Lipinski definition) is 0. The maximum absolute atomic E-state index is 12.3. The van der Waals surface area contributed by atoms with Gasteiger partial charge in [-0.05, 0) is 24.1 Å². The van der Waals surface area contributed by atoms with Crippen molar-refractivity contribution in [2.24, 2.45) is 0 Å². The molecule has 0 atom stereocenters. The van der Waals surface area contributed by atoms with Crippen LogP contribution in [0.5, 0.6) is 0 Å². The Morgan fingerprint density at radius 2 is 1.57 bits per heavy atom. The molecule has 0 N–H and O–H groups in total. The van der Waals surface area contributed by atoms with Crippen LogP contribution in [-0.4, -0.2) is 8.42 Å².